The molecule has 0 unspecified atom stereocenters. The highest BCUT2D eigenvalue weighted by Crippen LogP contribution is 2.08. The number of ether oxygens (including phenoxy) is 1. The monoisotopic (exact) mass is 231 g/mol. The average molecular weight is 231 g/mol. The van der Waals surface area contributed by atoms with Gasteiger partial charge in [-0.25, -0.2) is 9.78 Å². The van der Waals surface area contributed by atoms with Gasteiger partial charge in [0.15, 0.2) is 11.6 Å². The smallest absolute Gasteiger partial charge is 0.360 e. The van der Waals surface area contributed by atoms with Crippen LogP contribution < -0.4 is 0 Å². The van der Waals surface area contributed by atoms with Gasteiger partial charge < -0.3 is 9.15 Å². The van der Waals surface area contributed by atoms with E-state index in [0.717, 1.165) is 6.42 Å². The summed E-state index contributed by atoms with van der Waals surface area (Å²) in [6, 6.07) is 10.0. The van der Waals surface area contributed by atoms with Gasteiger partial charge in [-0.2, -0.15) is 0 Å². The minimum absolute atomic E-state index is 0.218. The van der Waals surface area contributed by atoms with Gasteiger partial charge in [0.1, 0.15) is 6.26 Å². The van der Waals surface area contributed by atoms with Crippen molar-refractivity contribution in [2.75, 3.05) is 7.11 Å². The quantitative estimate of drug-likeness (QED) is 0.757. The molecule has 0 amide bonds. The number of aryl methyl sites for hydroxylation is 2. The van der Waals surface area contributed by atoms with E-state index in [9.17, 15) is 4.79 Å². The number of hydrogen-bond donors (Lipinski definition) is 0. The Balaban J connectivity index is 1.96. The summed E-state index contributed by atoms with van der Waals surface area (Å²) in [4.78, 5) is 15.2. The minimum Gasteiger partial charge on any atom is -0.464 e. The summed E-state index contributed by atoms with van der Waals surface area (Å²) in [6.07, 6.45) is 2.83. The number of aromatic nitrogens is 1. The zero-order valence-electron chi connectivity index (χ0n) is 9.55. The minimum atomic E-state index is -0.472. The fourth-order valence-electron chi connectivity index (χ4n) is 1.52. The SMILES string of the molecule is COC(=O)c1coc(CCc2ccccc2)n1. The van der Waals surface area contributed by atoms with Gasteiger partial charge in [-0.15, -0.1) is 0 Å². The number of carbonyl (C=O) groups is 1. The van der Waals surface area contributed by atoms with Gasteiger partial charge in [0.25, 0.3) is 0 Å². The molecule has 0 saturated heterocycles. The lowest BCUT2D eigenvalue weighted by Gasteiger charge is -1.97. The molecule has 0 fully saturated rings. The molecule has 0 aliphatic carbocycles. The van der Waals surface area contributed by atoms with Gasteiger partial charge >= 0.3 is 5.97 Å². The van der Waals surface area contributed by atoms with Crippen LogP contribution in [-0.4, -0.2) is 18.1 Å². The third-order valence-corrected chi connectivity index (χ3v) is 2.42. The average Bonchev–Trinajstić information content (AvgIpc) is 2.85. The van der Waals surface area contributed by atoms with E-state index in [-0.39, 0.29) is 5.69 Å². The molecule has 0 radical (unpaired) electrons. The predicted molar refractivity (Wildman–Crippen MR) is 61.7 cm³/mol. The normalized spacial score (nSPS) is 10.2. The number of oxazole rings is 1. The van der Waals surface area contributed by atoms with Gasteiger partial charge in [0.2, 0.25) is 0 Å². The van der Waals surface area contributed by atoms with Crippen LogP contribution in [0.25, 0.3) is 0 Å². The first kappa shape index (κ1) is 11.4. The van der Waals surface area contributed by atoms with E-state index < -0.39 is 5.97 Å². The molecular weight excluding hydrogens is 218 g/mol. The van der Waals surface area contributed by atoms with Crippen molar-refractivity contribution in [3.8, 4) is 0 Å². The first-order valence-corrected chi connectivity index (χ1v) is 5.36. The maximum Gasteiger partial charge on any atom is 0.360 e. The Kier molecular flexibility index (Phi) is 3.55. The summed E-state index contributed by atoms with van der Waals surface area (Å²) in [5.41, 5.74) is 1.43. The number of benzene rings is 1. The Bertz CT molecular complexity index is 490. The fourth-order valence-corrected chi connectivity index (χ4v) is 1.52. The predicted octanol–water partition coefficient (Wildman–Crippen LogP) is 2.25. The van der Waals surface area contributed by atoms with Crippen molar-refractivity contribution in [2.45, 2.75) is 12.8 Å². The molecular formula is C13H13NO3. The van der Waals surface area contributed by atoms with Gasteiger partial charge in [-0.1, -0.05) is 30.3 Å². The molecule has 1 aromatic carbocycles. The van der Waals surface area contributed by atoms with E-state index in [0.29, 0.717) is 12.3 Å². The first-order valence-electron chi connectivity index (χ1n) is 5.36. The van der Waals surface area contributed by atoms with Gasteiger partial charge in [0.05, 0.1) is 7.11 Å². The van der Waals surface area contributed by atoms with Gasteiger partial charge in [-0.3, -0.25) is 0 Å². The van der Waals surface area contributed by atoms with Crippen LogP contribution in [0, 0.1) is 0 Å². The van der Waals surface area contributed by atoms with E-state index in [2.05, 4.69) is 9.72 Å². The summed E-state index contributed by atoms with van der Waals surface area (Å²) in [7, 11) is 1.32. The zero-order valence-corrected chi connectivity index (χ0v) is 9.55. The molecule has 17 heavy (non-hydrogen) atoms. The van der Waals surface area contributed by atoms with Crippen molar-refractivity contribution in [2.24, 2.45) is 0 Å². The number of nitrogens with zero attached hydrogens (tertiary/aromatic N) is 1. The van der Waals surface area contributed by atoms with Crippen molar-refractivity contribution in [3.63, 3.8) is 0 Å². The first-order chi connectivity index (χ1) is 8.29. The highest BCUT2D eigenvalue weighted by atomic mass is 16.5. The van der Waals surface area contributed by atoms with Crippen molar-refractivity contribution >= 4 is 5.97 Å². The topological polar surface area (TPSA) is 52.3 Å². The highest BCUT2D eigenvalue weighted by molar-refractivity contribution is 5.86. The molecule has 0 atom stereocenters. The number of hydrogen-bond acceptors (Lipinski definition) is 4. The molecule has 88 valence electrons. The summed E-state index contributed by atoms with van der Waals surface area (Å²) in [5.74, 6) is 0.0777. The summed E-state index contributed by atoms with van der Waals surface area (Å²) in [6.45, 7) is 0. The lowest BCUT2D eigenvalue weighted by Crippen LogP contribution is -2.01. The van der Waals surface area contributed by atoms with Crippen molar-refractivity contribution < 1.29 is 13.9 Å². The fraction of sp³-hybridized carbons (Fsp3) is 0.231. The molecule has 0 bridgehead atoms. The zero-order chi connectivity index (χ0) is 12.1. The van der Waals surface area contributed by atoms with E-state index in [1.54, 1.807) is 0 Å². The van der Waals surface area contributed by atoms with Crippen LogP contribution in [0.15, 0.2) is 41.0 Å². The largest absolute Gasteiger partial charge is 0.464 e. The molecule has 0 aliphatic rings. The maximum absolute atomic E-state index is 11.2. The highest BCUT2D eigenvalue weighted by Gasteiger charge is 2.11. The molecule has 2 aromatic rings. The molecule has 0 saturated carbocycles. The van der Waals surface area contributed by atoms with Gasteiger partial charge in [0, 0.05) is 6.42 Å². The molecule has 0 N–H and O–H groups in total. The second-order valence-electron chi connectivity index (χ2n) is 3.60. The third-order valence-electron chi connectivity index (χ3n) is 2.42. The summed E-state index contributed by atoms with van der Waals surface area (Å²) < 4.78 is 9.75. The Labute approximate surface area is 99.2 Å². The number of rotatable bonds is 4. The number of carbonyl (C=O) groups excluding carboxylic acids is 1. The Hall–Kier alpha value is -2.10. The van der Waals surface area contributed by atoms with Crippen LogP contribution >= 0.6 is 0 Å². The van der Waals surface area contributed by atoms with Crippen molar-refractivity contribution in [1.82, 2.24) is 4.98 Å². The molecule has 0 aliphatic heterocycles. The third kappa shape index (κ3) is 2.93. The second-order valence-corrected chi connectivity index (χ2v) is 3.60. The lowest BCUT2D eigenvalue weighted by molar-refractivity contribution is 0.0594. The Morgan fingerprint density at radius 2 is 2.06 bits per heavy atom. The molecule has 4 nitrogen and oxygen atoms in total. The molecule has 4 heteroatoms. The maximum atomic E-state index is 11.2. The van der Waals surface area contributed by atoms with Crippen LogP contribution in [0.4, 0.5) is 0 Å². The van der Waals surface area contributed by atoms with Crippen molar-refractivity contribution in [1.29, 1.82) is 0 Å². The number of methoxy groups -OCH3 is 1. The molecule has 1 aromatic heterocycles. The summed E-state index contributed by atoms with van der Waals surface area (Å²) >= 11 is 0. The Morgan fingerprint density at radius 1 is 1.29 bits per heavy atom. The van der Waals surface area contributed by atoms with Crippen LogP contribution in [-0.2, 0) is 17.6 Å². The van der Waals surface area contributed by atoms with Crippen molar-refractivity contribution in [3.05, 3.63) is 53.7 Å². The molecule has 2 rings (SSSR count). The van der Waals surface area contributed by atoms with Crippen LogP contribution in [0.2, 0.25) is 0 Å². The number of esters is 1. The van der Waals surface area contributed by atoms with E-state index in [1.807, 2.05) is 30.3 Å². The van der Waals surface area contributed by atoms with Crippen LogP contribution in [0.1, 0.15) is 21.9 Å². The van der Waals surface area contributed by atoms with Crippen LogP contribution in [0.3, 0.4) is 0 Å². The summed E-state index contributed by atoms with van der Waals surface area (Å²) in [5, 5.41) is 0. The molecule has 1 heterocycles. The van der Waals surface area contributed by atoms with Gasteiger partial charge in [-0.05, 0) is 12.0 Å². The molecule has 0 spiro atoms. The Morgan fingerprint density at radius 3 is 2.76 bits per heavy atom. The van der Waals surface area contributed by atoms with Crippen LogP contribution in [0.5, 0.6) is 0 Å². The second kappa shape index (κ2) is 5.30. The lowest BCUT2D eigenvalue weighted by atomic mass is 10.1. The van der Waals surface area contributed by atoms with E-state index in [4.69, 9.17) is 4.42 Å². The van der Waals surface area contributed by atoms with E-state index >= 15 is 0 Å². The standard InChI is InChI=1S/C13H13NO3/c1-16-13(15)11-9-17-12(14-11)8-7-10-5-3-2-4-6-10/h2-6,9H,7-8H2,1H3. The van der Waals surface area contributed by atoms with E-state index in [1.165, 1.54) is 18.9 Å².